The number of amides is 1. The molecule has 1 unspecified atom stereocenters. The molecule has 1 aromatic heterocycles. The molecule has 1 aliphatic rings. The van der Waals surface area contributed by atoms with Gasteiger partial charge < -0.3 is 10.2 Å². The first-order valence-corrected chi connectivity index (χ1v) is 10.1. The normalized spacial score (nSPS) is 17.3. The van der Waals surface area contributed by atoms with Crippen LogP contribution in [0, 0.1) is 11.7 Å². The summed E-state index contributed by atoms with van der Waals surface area (Å²) in [6, 6.07) is 12.1. The Labute approximate surface area is 166 Å². The molecular formula is C20H19ClFN3OS. The maximum absolute atomic E-state index is 13.4. The van der Waals surface area contributed by atoms with Crippen molar-refractivity contribution >= 4 is 44.2 Å². The van der Waals surface area contributed by atoms with Crippen LogP contribution in [0.4, 0.5) is 9.52 Å². The molecule has 2 heterocycles. The number of benzene rings is 2. The molecule has 1 fully saturated rings. The quantitative estimate of drug-likeness (QED) is 0.691. The summed E-state index contributed by atoms with van der Waals surface area (Å²) in [6.07, 6.45) is 1.80. The molecule has 7 heteroatoms. The average Bonchev–Trinajstić information content (AvgIpc) is 3.10. The number of aromatic nitrogens is 1. The SMILES string of the molecule is O=C(NCc1ccc(Cl)cc1)C1CCCN(c2nc3ccc(F)cc3s2)C1. The summed E-state index contributed by atoms with van der Waals surface area (Å²) in [6.45, 7) is 1.99. The first-order valence-electron chi connectivity index (χ1n) is 8.92. The molecule has 2 aromatic carbocycles. The third-order valence-electron chi connectivity index (χ3n) is 4.78. The highest BCUT2D eigenvalue weighted by Gasteiger charge is 2.27. The summed E-state index contributed by atoms with van der Waals surface area (Å²) < 4.78 is 14.2. The van der Waals surface area contributed by atoms with Crippen LogP contribution in [0.2, 0.25) is 5.02 Å². The lowest BCUT2D eigenvalue weighted by Gasteiger charge is -2.31. The minimum absolute atomic E-state index is 0.0572. The number of fused-ring (bicyclic) bond motifs is 1. The predicted molar refractivity (Wildman–Crippen MR) is 108 cm³/mol. The second kappa shape index (κ2) is 7.82. The Hall–Kier alpha value is -2.18. The Kier molecular flexibility index (Phi) is 5.27. The Morgan fingerprint density at radius 3 is 2.93 bits per heavy atom. The van der Waals surface area contributed by atoms with E-state index in [0.717, 1.165) is 40.3 Å². The van der Waals surface area contributed by atoms with Crippen LogP contribution in [0.1, 0.15) is 18.4 Å². The first-order chi connectivity index (χ1) is 13.1. The van der Waals surface area contributed by atoms with E-state index >= 15 is 0 Å². The molecule has 27 heavy (non-hydrogen) atoms. The van der Waals surface area contributed by atoms with E-state index in [1.807, 2.05) is 24.3 Å². The van der Waals surface area contributed by atoms with Crippen molar-refractivity contribution < 1.29 is 9.18 Å². The van der Waals surface area contributed by atoms with Gasteiger partial charge in [0.05, 0.1) is 16.1 Å². The van der Waals surface area contributed by atoms with Gasteiger partial charge in [0.25, 0.3) is 0 Å². The number of thiazole rings is 1. The smallest absolute Gasteiger partial charge is 0.225 e. The van der Waals surface area contributed by atoms with Crippen molar-refractivity contribution in [3.05, 3.63) is 58.9 Å². The molecule has 4 nitrogen and oxygen atoms in total. The molecule has 0 radical (unpaired) electrons. The Morgan fingerprint density at radius 2 is 2.11 bits per heavy atom. The number of rotatable bonds is 4. The van der Waals surface area contributed by atoms with Gasteiger partial charge in [-0.3, -0.25) is 4.79 Å². The molecule has 3 aromatic rings. The molecule has 1 aliphatic heterocycles. The zero-order valence-corrected chi connectivity index (χ0v) is 16.2. The topological polar surface area (TPSA) is 45.2 Å². The number of nitrogens with one attached hydrogen (secondary N) is 1. The summed E-state index contributed by atoms with van der Waals surface area (Å²) in [5, 5.41) is 4.56. The number of hydrogen-bond donors (Lipinski definition) is 1. The fraction of sp³-hybridized carbons (Fsp3) is 0.300. The Morgan fingerprint density at radius 1 is 1.30 bits per heavy atom. The highest BCUT2D eigenvalue weighted by atomic mass is 35.5. The molecule has 0 saturated carbocycles. The zero-order valence-electron chi connectivity index (χ0n) is 14.6. The van der Waals surface area contributed by atoms with Crippen LogP contribution in [0.3, 0.4) is 0 Å². The molecule has 0 bridgehead atoms. The van der Waals surface area contributed by atoms with Gasteiger partial charge in [0.15, 0.2) is 5.13 Å². The van der Waals surface area contributed by atoms with E-state index in [1.54, 1.807) is 6.07 Å². The average molecular weight is 404 g/mol. The molecular weight excluding hydrogens is 385 g/mol. The summed E-state index contributed by atoms with van der Waals surface area (Å²) in [7, 11) is 0. The van der Waals surface area contributed by atoms with Crippen LogP contribution < -0.4 is 10.2 Å². The highest BCUT2D eigenvalue weighted by Crippen LogP contribution is 2.32. The summed E-state index contributed by atoms with van der Waals surface area (Å²) in [4.78, 5) is 19.3. The zero-order chi connectivity index (χ0) is 18.8. The van der Waals surface area contributed by atoms with Gasteiger partial charge in [-0.1, -0.05) is 35.1 Å². The van der Waals surface area contributed by atoms with Crippen LogP contribution in [0.15, 0.2) is 42.5 Å². The van der Waals surface area contributed by atoms with Crippen LogP contribution in [0.5, 0.6) is 0 Å². The van der Waals surface area contributed by atoms with E-state index in [4.69, 9.17) is 11.6 Å². The van der Waals surface area contributed by atoms with Crippen molar-refractivity contribution in [2.45, 2.75) is 19.4 Å². The molecule has 1 atom stereocenters. The van der Waals surface area contributed by atoms with Crippen LogP contribution in [-0.4, -0.2) is 24.0 Å². The van der Waals surface area contributed by atoms with Crippen LogP contribution in [-0.2, 0) is 11.3 Å². The molecule has 140 valence electrons. The van der Waals surface area contributed by atoms with Crippen molar-refractivity contribution in [3.8, 4) is 0 Å². The Balaban J connectivity index is 1.40. The van der Waals surface area contributed by atoms with Crippen molar-refractivity contribution in [1.29, 1.82) is 0 Å². The molecule has 0 aliphatic carbocycles. The van der Waals surface area contributed by atoms with Gasteiger partial charge in [0, 0.05) is 24.7 Å². The lowest BCUT2D eigenvalue weighted by molar-refractivity contribution is -0.125. The summed E-state index contributed by atoms with van der Waals surface area (Å²) in [5.41, 5.74) is 1.82. The number of nitrogens with zero attached hydrogens (tertiary/aromatic N) is 2. The number of carbonyl (C=O) groups excluding carboxylic acids is 1. The molecule has 1 N–H and O–H groups in total. The minimum Gasteiger partial charge on any atom is -0.352 e. The predicted octanol–water partition coefficient (Wildman–Crippen LogP) is 4.62. The van der Waals surface area contributed by atoms with Crippen molar-refractivity contribution in [3.63, 3.8) is 0 Å². The number of carbonyl (C=O) groups is 1. The fourth-order valence-corrected chi connectivity index (χ4v) is 4.47. The monoisotopic (exact) mass is 403 g/mol. The third-order valence-corrected chi connectivity index (χ3v) is 6.11. The van der Waals surface area contributed by atoms with E-state index in [2.05, 4.69) is 15.2 Å². The van der Waals surface area contributed by atoms with E-state index in [0.29, 0.717) is 18.1 Å². The van der Waals surface area contributed by atoms with Gasteiger partial charge in [-0.15, -0.1) is 0 Å². The minimum atomic E-state index is -0.254. The number of hydrogen-bond acceptors (Lipinski definition) is 4. The van der Waals surface area contributed by atoms with Gasteiger partial charge >= 0.3 is 0 Å². The van der Waals surface area contributed by atoms with Gasteiger partial charge in [-0.05, 0) is 48.7 Å². The Bertz CT molecular complexity index is 960. The standard InChI is InChI=1S/C20H19ClFN3OS/c21-15-5-3-13(4-6-15)11-23-19(26)14-2-1-9-25(12-14)20-24-17-8-7-16(22)10-18(17)27-20/h3-8,10,14H,1-2,9,11-12H2,(H,23,26). The lowest BCUT2D eigenvalue weighted by Crippen LogP contribution is -2.42. The van der Waals surface area contributed by atoms with Gasteiger partial charge in [0.2, 0.25) is 5.91 Å². The van der Waals surface area contributed by atoms with E-state index in [1.165, 1.54) is 23.5 Å². The molecule has 4 rings (SSSR count). The number of anilines is 1. The number of piperidine rings is 1. The van der Waals surface area contributed by atoms with E-state index < -0.39 is 0 Å². The maximum atomic E-state index is 13.4. The van der Waals surface area contributed by atoms with E-state index in [-0.39, 0.29) is 17.6 Å². The largest absolute Gasteiger partial charge is 0.352 e. The van der Waals surface area contributed by atoms with E-state index in [9.17, 15) is 9.18 Å². The fourth-order valence-electron chi connectivity index (χ4n) is 3.32. The summed E-state index contributed by atoms with van der Waals surface area (Å²) >= 11 is 7.36. The van der Waals surface area contributed by atoms with Gasteiger partial charge in [0.1, 0.15) is 5.82 Å². The molecule has 0 spiro atoms. The molecule has 1 amide bonds. The maximum Gasteiger partial charge on any atom is 0.225 e. The second-order valence-electron chi connectivity index (χ2n) is 6.74. The summed E-state index contributed by atoms with van der Waals surface area (Å²) in [5.74, 6) is -0.271. The third kappa shape index (κ3) is 4.22. The van der Waals surface area contributed by atoms with Crippen molar-refractivity contribution in [1.82, 2.24) is 10.3 Å². The van der Waals surface area contributed by atoms with Crippen LogP contribution >= 0.6 is 22.9 Å². The van der Waals surface area contributed by atoms with Crippen molar-refractivity contribution in [2.75, 3.05) is 18.0 Å². The van der Waals surface area contributed by atoms with Crippen LogP contribution in [0.25, 0.3) is 10.2 Å². The first kappa shape index (κ1) is 18.2. The molecule has 1 saturated heterocycles. The highest BCUT2D eigenvalue weighted by molar-refractivity contribution is 7.22. The van der Waals surface area contributed by atoms with Gasteiger partial charge in [-0.25, -0.2) is 9.37 Å². The number of halogens is 2. The lowest BCUT2D eigenvalue weighted by atomic mass is 9.97. The van der Waals surface area contributed by atoms with Gasteiger partial charge in [-0.2, -0.15) is 0 Å². The second-order valence-corrected chi connectivity index (χ2v) is 8.18. The van der Waals surface area contributed by atoms with Crippen molar-refractivity contribution in [2.24, 2.45) is 5.92 Å².